The summed E-state index contributed by atoms with van der Waals surface area (Å²) in [6, 6.07) is 30.5. The van der Waals surface area contributed by atoms with E-state index >= 15 is 4.57 Å². The highest BCUT2D eigenvalue weighted by Gasteiger charge is 2.51. The van der Waals surface area contributed by atoms with Gasteiger partial charge in [-0.3, -0.25) is 0 Å². The van der Waals surface area contributed by atoms with Gasteiger partial charge < -0.3 is 14.4 Å². The average molecular weight is 527 g/mol. The van der Waals surface area contributed by atoms with Crippen LogP contribution in [0.25, 0.3) is 11.3 Å². The largest absolute Gasteiger partial charge is 0.341 e. The smallest absolute Gasteiger partial charge is 0.149 e. The molecule has 4 rings (SSSR count). The van der Waals surface area contributed by atoms with Crippen molar-refractivity contribution in [2.45, 2.75) is 51.9 Å². The van der Waals surface area contributed by atoms with Crippen LogP contribution in [0.1, 0.15) is 41.5 Å². The summed E-state index contributed by atoms with van der Waals surface area (Å²) >= 11 is 0. The third-order valence-corrected chi connectivity index (χ3v) is 11.8. The first-order valence-corrected chi connectivity index (χ1v) is 14.7. The Hall–Kier alpha value is -3.43. The molecular weight excluding hydrogens is 487 g/mol. The zero-order valence-corrected chi connectivity index (χ0v) is 24.7. The van der Waals surface area contributed by atoms with Crippen LogP contribution in [0.3, 0.4) is 0 Å². The molecule has 1 aromatic heterocycles. The number of anilines is 4. The zero-order valence-electron chi connectivity index (χ0n) is 23.8. The summed E-state index contributed by atoms with van der Waals surface area (Å²) in [6.07, 6.45) is 0. The minimum Gasteiger partial charge on any atom is -0.341 e. The van der Waals surface area contributed by atoms with E-state index in [0.29, 0.717) is 5.44 Å². The molecule has 0 saturated heterocycles. The minimum absolute atomic E-state index is 0.539. The quantitative estimate of drug-likeness (QED) is 0.237. The van der Waals surface area contributed by atoms with E-state index in [1.54, 1.807) is 0 Å². The Labute approximate surface area is 227 Å². The fraction of sp³-hybridized carbons (Fsp3) is 0.312. The van der Waals surface area contributed by atoms with E-state index in [1.165, 1.54) is 0 Å². The molecule has 0 aliphatic heterocycles. The highest BCUT2D eigenvalue weighted by Crippen LogP contribution is 2.67. The van der Waals surface area contributed by atoms with E-state index in [1.807, 2.05) is 80.8 Å². The summed E-state index contributed by atoms with van der Waals surface area (Å²) in [5.41, 5.74) is 5.92. The Morgan fingerprint density at radius 3 is 1.39 bits per heavy atom. The summed E-state index contributed by atoms with van der Waals surface area (Å²) in [7, 11) is 0.913. The molecule has 0 N–H and O–H groups in total. The van der Waals surface area contributed by atoms with E-state index in [4.69, 9.17) is 10.2 Å². The van der Waals surface area contributed by atoms with Gasteiger partial charge in [-0.1, -0.05) is 108 Å². The molecule has 198 valence electrons. The van der Waals surface area contributed by atoms with Crippen LogP contribution in [0.5, 0.6) is 0 Å². The van der Waals surface area contributed by atoms with Gasteiger partial charge in [0.2, 0.25) is 0 Å². The molecule has 0 aliphatic rings. The molecule has 0 unspecified atom stereocenters. The monoisotopic (exact) mass is 526 g/mol. The number of para-hydroxylation sites is 2. The second-order valence-electron chi connectivity index (χ2n) is 11.7. The molecule has 0 amide bonds. The maximum Gasteiger partial charge on any atom is 0.149 e. The number of hydrogen-bond acceptors (Lipinski definition) is 5. The molecule has 38 heavy (non-hydrogen) atoms. The van der Waals surface area contributed by atoms with Crippen molar-refractivity contribution >= 4 is 35.3 Å². The van der Waals surface area contributed by atoms with Gasteiger partial charge in [-0.25, -0.2) is 0 Å². The number of rotatable bonds is 6. The number of nitrogens with zero attached hydrogens (tertiary/aromatic N) is 4. The summed E-state index contributed by atoms with van der Waals surface area (Å²) in [5.74, 6) is 0. The van der Waals surface area contributed by atoms with Crippen LogP contribution < -0.4 is 15.2 Å². The zero-order chi connectivity index (χ0) is 27.7. The third kappa shape index (κ3) is 4.88. The fourth-order valence-electron chi connectivity index (χ4n) is 5.24. The molecule has 0 saturated carbocycles. The summed E-state index contributed by atoms with van der Waals surface area (Å²) < 4.78 is 15.4. The van der Waals surface area contributed by atoms with Gasteiger partial charge in [-0.05, 0) is 24.3 Å². The highest BCUT2D eigenvalue weighted by atomic mass is 31.2. The predicted molar refractivity (Wildman–Crippen MR) is 163 cm³/mol. The maximum atomic E-state index is 15.4. The van der Waals surface area contributed by atoms with Crippen molar-refractivity contribution in [3.8, 4) is 11.3 Å². The molecule has 0 fully saturated rings. The Morgan fingerprint density at radius 2 is 0.974 bits per heavy atom. The van der Waals surface area contributed by atoms with Crippen LogP contribution in [-0.2, 0) is 4.57 Å². The average Bonchev–Trinajstić information content (AvgIpc) is 2.91. The molecular formula is C32H39N4OP. The Kier molecular flexibility index (Phi) is 7.54. The lowest BCUT2D eigenvalue weighted by molar-refractivity contribution is 0.526. The fourth-order valence-corrected chi connectivity index (χ4v) is 9.25. The lowest BCUT2D eigenvalue weighted by Gasteiger charge is -2.42. The third-order valence-electron chi connectivity index (χ3n) is 7.10. The van der Waals surface area contributed by atoms with Gasteiger partial charge in [0.1, 0.15) is 18.3 Å². The van der Waals surface area contributed by atoms with Crippen LogP contribution in [0.15, 0.2) is 91.0 Å². The van der Waals surface area contributed by atoms with Crippen LogP contribution in [-0.4, -0.2) is 34.6 Å². The Morgan fingerprint density at radius 1 is 0.579 bits per heavy atom. The first-order chi connectivity index (χ1) is 17.9. The number of benzene rings is 3. The first-order valence-electron chi connectivity index (χ1n) is 13.0. The standard InChI is InChI=1S/C32H39N4OP/c1-31(2,3)38(37,32(4,5)6)30-29(36(8)26-22-16-11-17-23-26)28(35(7)25-20-14-10-15-21-25)27(33-34-30)24-18-12-9-13-19-24/h9-23H,1-8H3. The molecule has 0 bridgehead atoms. The second-order valence-corrected chi connectivity index (χ2v) is 16.0. The molecule has 4 aromatic rings. The van der Waals surface area contributed by atoms with Crippen LogP contribution >= 0.6 is 7.14 Å². The molecule has 6 heteroatoms. The van der Waals surface area contributed by atoms with Gasteiger partial charge in [-0.2, -0.15) is 0 Å². The van der Waals surface area contributed by atoms with E-state index in [9.17, 15) is 0 Å². The molecule has 0 radical (unpaired) electrons. The highest BCUT2D eigenvalue weighted by molar-refractivity contribution is 7.74. The van der Waals surface area contributed by atoms with Crippen molar-refractivity contribution in [3.63, 3.8) is 0 Å². The van der Waals surface area contributed by atoms with Crippen molar-refractivity contribution < 1.29 is 4.57 Å². The lowest BCUT2D eigenvalue weighted by Crippen LogP contribution is -2.39. The predicted octanol–water partition coefficient (Wildman–Crippen LogP) is 8.26. The van der Waals surface area contributed by atoms with Crippen molar-refractivity contribution in [3.05, 3.63) is 91.0 Å². The SMILES string of the molecule is CN(c1ccccc1)c1c(-c2ccccc2)nnc(P(=O)(C(C)(C)C)C(C)(C)C)c1N(C)c1ccccc1. The van der Waals surface area contributed by atoms with E-state index in [0.717, 1.165) is 34.0 Å². The van der Waals surface area contributed by atoms with Crippen LogP contribution in [0, 0.1) is 0 Å². The molecule has 0 spiro atoms. The van der Waals surface area contributed by atoms with Gasteiger partial charge >= 0.3 is 0 Å². The van der Waals surface area contributed by atoms with Crippen molar-refractivity contribution in [2.75, 3.05) is 23.9 Å². The number of hydrogen-bond donors (Lipinski definition) is 0. The van der Waals surface area contributed by atoms with Crippen LogP contribution in [0.2, 0.25) is 0 Å². The lowest BCUT2D eigenvalue weighted by atomic mass is 10.1. The van der Waals surface area contributed by atoms with Crippen molar-refractivity contribution in [2.24, 2.45) is 0 Å². The Balaban J connectivity index is 2.19. The maximum absolute atomic E-state index is 15.4. The van der Waals surface area contributed by atoms with Gasteiger partial charge in [0.05, 0.1) is 11.4 Å². The van der Waals surface area contributed by atoms with Gasteiger partial charge in [0.25, 0.3) is 0 Å². The molecule has 1 heterocycles. The molecule has 3 aromatic carbocycles. The normalized spacial score (nSPS) is 12.3. The molecule has 5 nitrogen and oxygen atoms in total. The Bertz CT molecular complexity index is 1410. The first kappa shape index (κ1) is 27.6. The summed E-state index contributed by atoms with van der Waals surface area (Å²) in [5, 5.41) is 8.62. The minimum atomic E-state index is -3.16. The van der Waals surface area contributed by atoms with Gasteiger partial charge in [0, 0.05) is 41.3 Å². The van der Waals surface area contributed by atoms with E-state index in [-0.39, 0.29) is 0 Å². The second kappa shape index (κ2) is 10.4. The summed E-state index contributed by atoms with van der Waals surface area (Å²) in [6.45, 7) is 12.3. The summed E-state index contributed by atoms with van der Waals surface area (Å²) in [4.78, 5) is 4.26. The molecule has 0 atom stereocenters. The number of aromatic nitrogens is 2. The van der Waals surface area contributed by atoms with Gasteiger partial charge in [-0.15, -0.1) is 10.2 Å². The van der Waals surface area contributed by atoms with Crippen molar-refractivity contribution in [1.82, 2.24) is 10.2 Å². The topological polar surface area (TPSA) is 49.3 Å². The van der Waals surface area contributed by atoms with E-state index in [2.05, 4.69) is 75.6 Å². The van der Waals surface area contributed by atoms with Crippen LogP contribution in [0.4, 0.5) is 22.7 Å². The van der Waals surface area contributed by atoms with E-state index < -0.39 is 17.5 Å². The van der Waals surface area contributed by atoms with Gasteiger partial charge in [0.15, 0.2) is 0 Å². The molecule has 0 aliphatic carbocycles. The van der Waals surface area contributed by atoms with Crippen molar-refractivity contribution in [1.29, 1.82) is 0 Å².